The van der Waals surface area contributed by atoms with E-state index >= 15 is 0 Å². The Balaban J connectivity index is 1.49. The molecule has 0 amide bonds. The summed E-state index contributed by atoms with van der Waals surface area (Å²) >= 11 is 0. The molecule has 11 heteroatoms. The summed E-state index contributed by atoms with van der Waals surface area (Å²) in [4.78, 5) is 15.5. The molecule has 3 N–H and O–H groups in total. The number of hydrogen-bond donors (Lipinski definition) is 3. The van der Waals surface area contributed by atoms with E-state index in [9.17, 15) is 13.5 Å². The number of anilines is 2. The molecule has 1 aromatic carbocycles. The third-order valence-corrected chi connectivity index (χ3v) is 7.86. The summed E-state index contributed by atoms with van der Waals surface area (Å²) in [6, 6.07) is 8.59. The number of aromatic nitrogens is 3. The number of aliphatic hydroxyl groups is 2. The van der Waals surface area contributed by atoms with E-state index in [2.05, 4.69) is 19.7 Å². The highest BCUT2D eigenvalue weighted by molar-refractivity contribution is 7.89. The summed E-state index contributed by atoms with van der Waals surface area (Å²) in [5.41, 5.74) is 2.56. The molecule has 1 saturated heterocycles. The minimum atomic E-state index is -3.77. The molecule has 1 fully saturated rings. The minimum absolute atomic E-state index is 0.0613. The van der Waals surface area contributed by atoms with Crippen LogP contribution in [0.4, 0.5) is 11.6 Å². The number of ether oxygens (including phenoxy) is 1. The minimum Gasteiger partial charge on any atom is -0.395 e. The van der Waals surface area contributed by atoms with Gasteiger partial charge in [0, 0.05) is 42.9 Å². The number of hydrogen-bond acceptors (Lipinski definition) is 9. The molecule has 5 rings (SSSR count). The Morgan fingerprint density at radius 3 is 2.51 bits per heavy atom. The fourth-order valence-corrected chi connectivity index (χ4v) is 5.46. The molecule has 0 radical (unpaired) electrons. The smallest absolute Gasteiger partial charge is 0.240 e. The van der Waals surface area contributed by atoms with Gasteiger partial charge >= 0.3 is 0 Å². The molecule has 4 heterocycles. The van der Waals surface area contributed by atoms with Gasteiger partial charge in [-0.15, -0.1) is 0 Å². The molecule has 0 unspecified atom stereocenters. The van der Waals surface area contributed by atoms with Crippen LogP contribution >= 0.6 is 0 Å². The molecule has 184 valence electrons. The standard InChI is InChI=1S/C24H27N5O5S/c1-23(2,31)17-5-6-25-20(9-17)16-11-26-22(27-12-16)29-13-24(14-34-15-24)19-4-3-18(10-21(19)29)35(32,33)28-7-8-30/h3-6,9-12,28,30-31H,7-8,13-15H2,1-2H3. The lowest BCUT2D eigenvalue weighted by Gasteiger charge is -2.38. The largest absolute Gasteiger partial charge is 0.395 e. The second-order valence-corrected chi connectivity index (χ2v) is 11.2. The van der Waals surface area contributed by atoms with E-state index < -0.39 is 15.6 Å². The summed E-state index contributed by atoms with van der Waals surface area (Å²) in [5, 5.41) is 19.3. The molecule has 35 heavy (non-hydrogen) atoms. The number of pyridine rings is 1. The highest BCUT2D eigenvalue weighted by atomic mass is 32.2. The van der Waals surface area contributed by atoms with Gasteiger partial charge < -0.3 is 19.8 Å². The second-order valence-electron chi connectivity index (χ2n) is 9.42. The van der Waals surface area contributed by atoms with Crippen molar-refractivity contribution in [3.63, 3.8) is 0 Å². The van der Waals surface area contributed by atoms with Crippen molar-refractivity contribution in [2.24, 2.45) is 0 Å². The van der Waals surface area contributed by atoms with Crippen molar-refractivity contribution in [1.82, 2.24) is 19.7 Å². The lowest BCUT2D eigenvalue weighted by molar-refractivity contribution is -0.0507. The normalized spacial score (nSPS) is 16.9. The van der Waals surface area contributed by atoms with Crippen molar-refractivity contribution in [1.29, 1.82) is 0 Å². The van der Waals surface area contributed by atoms with Crippen molar-refractivity contribution in [3.8, 4) is 11.3 Å². The molecular weight excluding hydrogens is 470 g/mol. The van der Waals surface area contributed by atoms with Gasteiger partial charge in [-0.1, -0.05) is 6.07 Å². The lowest BCUT2D eigenvalue weighted by atomic mass is 9.81. The highest BCUT2D eigenvalue weighted by Crippen LogP contribution is 2.48. The van der Waals surface area contributed by atoms with Gasteiger partial charge in [0.2, 0.25) is 16.0 Å². The predicted molar refractivity (Wildman–Crippen MR) is 129 cm³/mol. The zero-order valence-corrected chi connectivity index (χ0v) is 20.3. The maximum absolute atomic E-state index is 12.7. The van der Waals surface area contributed by atoms with E-state index in [4.69, 9.17) is 9.84 Å². The Bertz CT molecular complexity index is 1350. The van der Waals surface area contributed by atoms with Gasteiger partial charge in [0.05, 0.1) is 41.4 Å². The third kappa shape index (κ3) is 4.30. The third-order valence-electron chi connectivity index (χ3n) is 6.40. The molecule has 0 aliphatic carbocycles. The predicted octanol–water partition coefficient (Wildman–Crippen LogP) is 1.46. The molecule has 0 atom stereocenters. The van der Waals surface area contributed by atoms with Crippen molar-refractivity contribution in [2.75, 3.05) is 37.8 Å². The molecule has 0 saturated carbocycles. The van der Waals surface area contributed by atoms with Gasteiger partial charge in [-0.2, -0.15) is 0 Å². The number of rotatable bonds is 7. The van der Waals surface area contributed by atoms with Gasteiger partial charge in [0.15, 0.2) is 0 Å². The molecular formula is C24H27N5O5S. The molecule has 0 bridgehead atoms. The van der Waals surface area contributed by atoms with Crippen LogP contribution in [0.2, 0.25) is 0 Å². The van der Waals surface area contributed by atoms with Crippen LogP contribution < -0.4 is 9.62 Å². The first-order chi connectivity index (χ1) is 16.6. The Morgan fingerprint density at radius 1 is 1.14 bits per heavy atom. The van der Waals surface area contributed by atoms with Crippen LogP contribution in [0.5, 0.6) is 0 Å². The van der Waals surface area contributed by atoms with Crippen LogP contribution in [0, 0.1) is 0 Å². The zero-order chi connectivity index (χ0) is 24.8. The van der Waals surface area contributed by atoms with Crippen LogP contribution in [-0.2, 0) is 25.8 Å². The molecule has 2 aliphatic rings. The monoisotopic (exact) mass is 497 g/mol. The Labute approximate surface area is 203 Å². The van der Waals surface area contributed by atoms with Gasteiger partial charge in [-0.3, -0.25) is 4.98 Å². The number of nitrogens with one attached hydrogen (secondary N) is 1. The van der Waals surface area contributed by atoms with E-state index in [0.717, 1.165) is 16.8 Å². The van der Waals surface area contributed by atoms with Gasteiger partial charge in [-0.05, 0) is 49.2 Å². The number of benzene rings is 1. The maximum Gasteiger partial charge on any atom is 0.240 e. The van der Waals surface area contributed by atoms with Gasteiger partial charge in [0.1, 0.15) is 0 Å². The Kier molecular flexibility index (Phi) is 5.85. The summed E-state index contributed by atoms with van der Waals surface area (Å²) in [6.07, 6.45) is 4.98. The van der Waals surface area contributed by atoms with Crippen LogP contribution in [0.1, 0.15) is 25.0 Å². The van der Waals surface area contributed by atoms with Crippen LogP contribution in [0.3, 0.4) is 0 Å². The van der Waals surface area contributed by atoms with Crippen LogP contribution in [0.25, 0.3) is 11.3 Å². The Hall–Kier alpha value is -2.96. The topological polar surface area (TPSA) is 138 Å². The first-order valence-electron chi connectivity index (χ1n) is 11.2. The molecule has 3 aromatic rings. The summed E-state index contributed by atoms with van der Waals surface area (Å²) in [5.74, 6) is 0.440. The average Bonchev–Trinajstić information content (AvgIpc) is 3.18. The zero-order valence-electron chi connectivity index (χ0n) is 19.5. The van der Waals surface area contributed by atoms with E-state index in [1.54, 1.807) is 56.7 Å². The maximum atomic E-state index is 12.7. The number of nitrogens with zero attached hydrogens (tertiary/aromatic N) is 4. The second kappa shape index (κ2) is 8.61. The number of sulfonamides is 1. The van der Waals surface area contributed by atoms with Gasteiger partial charge in [0.25, 0.3) is 0 Å². The average molecular weight is 498 g/mol. The highest BCUT2D eigenvalue weighted by Gasteiger charge is 2.49. The van der Waals surface area contributed by atoms with Crippen LogP contribution in [0.15, 0.2) is 53.8 Å². The fraction of sp³-hybridized carbons (Fsp3) is 0.375. The number of aliphatic hydroxyl groups excluding tert-OH is 1. The van der Waals surface area contributed by atoms with Crippen molar-refractivity contribution >= 4 is 21.7 Å². The molecule has 2 aromatic heterocycles. The molecule has 2 aliphatic heterocycles. The summed E-state index contributed by atoms with van der Waals surface area (Å²) in [6.45, 7) is 4.73. The fourth-order valence-electron chi connectivity index (χ4n) is 4.42. The SMILES string of the molecule is CC(C)(O)c1ccnc(-c2cnc(N3CC4(COC4)c4ccc(S(=O)(=O)NCCO)cc43)nc2)c1. The first-order valence-corrected chi connectivity index (χ1v) is 12.7. The quantitative estimate of drug-likeness (QED) is 0.443. The number of fused-ring (bicyclic) bond motifs is 2. The Morgan fingerprint density at radius 2 is 1.89 bits per heavy atom. The van der Waals surface area contributed by atoms with Gasteiger partial charge in [-0.25, -0.2) is 23.1 Å². The van der Waals surface area contributed by atoms with Crippen molar-refractivity contribution in [2.45, 2.75) is 29.8 Å². The van der Waals surface area contributed by atoms with E-state index in [-0.39, 0.29) is 23.5 Å². The first kappa shape index (κ1) is 23.8. The van der Waals surface area contributed by atoms with Crippen LogP contribution in [-0.4, -0.2) is 66.5 Å². The summed E-state index contributed by atoms with van der Waals surface area (Å²) < 4.78 is 33.2. The summed E-state index contributed by atoms with van der Waals surface area (Å²) in [7, 11) is -3.77. The lowest BCUT2D eigenvalue weighted by Crippen LogP contribution is -2.49. The molecule has 10 nitrogen and oxygen atoms in total. The van der Waals surface area contributed by atoms with E-state index in [1.807, 2.05) is 11.0 Å². The van der Waals surface area contributed by atoms with E-state index in [0.29, 0.717) is 37.0 Å². The van der Waals surface area contributed by atoms with E-state index in [1.165, 1.54) is 0 Å². The van der Waals surface area contributed by atoms with Crippen molar-refractivity contribution < 1.29 is 23.4 Å². The molecule has 1 spiro atoms. The van der Waals surface area contributed by atoms with Crippen molar-refractivity contribution in [3.05, 3.63) is 60.0 Å².